The molecule has 2 N–H and O–H groups in total. The summed E-state index contributed by atoms with van der Waals surface area (Å²) in [6.45, 7) is 8.42. The lowest BCUT2D eigenvalue weighted by Crippen LogP contribution is -2.54. The van der Waals surface area contributed by atoms with Crippen LogP contribution in [-0.2, 0) is 13.1 Å². The summed E-state index contributed by atoms with van der Waals surface area (Å²) < 4.78 is 2.15. The van der Waals surface area contributed by atoms with Crippen molar-refractivity contribution in [3.63, 3.8) is 0 Å². The van der Waals surface area contributed by atoms with Gasteiger partial charge in [0.1, 0.15) is 12.2 Å². The first-order chi connectivity index (χ1) is 8.55. The third-order valence-corrected chi connectivity index (χ3v) is 4.76. The van der Waals surface area contributed by atoms with Crippen LogP contribution in [-0.4, -0.2) is 38.3 Å². The molecule has 0 radical (unpaired) electrons. The Balaban J connectivity index is 1.82. The molecule has 1 aliphatic heterocycles. The van der Waals surface area contributed by atoms with Crippen LogP contribution in [0.3, 0.4) is 0 Å². The molecular weight excluding hydrogens is 226 g/mol. The summed E-state index contributed by atoms with van der Waals surface area (Å²) in [4.78, 5) is 2.55. The molecule has 1 saturated carbocycles. The van der Waals surface area contributed by atoms with E-state index in [1.807, 2.05) is 6.33 Å². The molecular formula is C13H23N5. The van der Waals surface area contributed by atoms with Gasteiger partial charge in [-0.15, -0.1) is 10.2 Å². The predicted octanol–water partition coefficient (Wildman–Crippen LogP) is 1.00. The Kier molecular flexibility index (Phi) is 2.71. The van der Waals surface area contributed by atoms with Gasteiger partial charge in [-0.05, 0) is 24.7 Å². The van der Waals surface area contributed by atoms with Gasteiger partial charge in [0.05, 0.1) is 6.54 Å². The highest BCUT2D eigenvalue weighted by Crippen LogP contribution is 2.46. The average molecular weight is 249 g/mol. The van der Waals surface area contributed by atoms with Crippen molar-refractivity contribution >= 4 is 0 Å². The molecule has 0 amide bonds. The second-order valence-corrected chi connectivity index (χ2v) is 6.63. The second kappa shape index (κ2) is 4.03. The van der Waals surface area contributed by atoms with E-state index in [-0.39, 0.29) is 5.54 Å². The Morgan fingerprint density at radius 1 is 1.33 bits per heavy atom. The molecule has 100 valence electrons. The van der Waals surface area contributed by atoms with Crippen LogP contribution in [0.5, 0.6) is 0 Å². The van der Waals surface area contributed by atoms with Crippen molar-refractivity contribution < 1.29 is 0 Å². The number of nitrogens with two attached hydrogens (primary N) is 1. The standard InChI is InChI=1S/C13H23N5/c1-12(2)3-4-13(8-12,9-14)18-6-5-17-10-15-16-11(17)7-18/h10H,3-9,14H2,1-2H3. The van der Waals surface area contributed by atoms with Crippen LogP contribution >= 0.6 is 0 Å². The van der Waals surface area contributed by atoms with Gasteiger partial charge in [0, 0.05) is 25.2 Å². The Bertz CT molecular complexity index is 438. The summed E-state index contributed by atoms with van der Waals surface area (Å²) in [6, 6.07) is 0. The van der Waals surface area contributed by atoms with Crippen molar-refractivity contribution in [1.29, 1.82) is 0 Å². The van der Waals surface area contributed by atoms with E-state index in [1.54, 1.807) is 0 Å². The van der Waals surface area contributed by atoms with E-state index in [2.05, 4.69) is 33.5 Å². The molecule has 1 unspecified atom stereocenters. The Hall–Kier alpha value is -0.940. The summed E-state index contributed by atoms with van der Waals surface area (Å²) in [6.07, 6.45) is 5.52. The quantitative estimate of drug-likeness (QED) is 0.849. The molecule has 5 heteroatoms. The second-order valence-electron chi connectivity index (χ2n) is 6.63. The van der Waals surface area contributed by atoms with Gasteiger partial charge in [0.2, 0.25) is 0 Å². The van der Waals surface area contributed by atoms with Gasteiger partial charge in [0.15, 0.2) is 0 Å². The number of hydrogen-bond donors (Lipinski definition) is 1. The molecule has 18 heavy (non-hydrogen) atoms. The summed E-state index contributed by atoms with van der Waals surface area (Å²) in [7, 11) is 0. The number of nitrogens with zero attached hydrogens (tertiary/aromatic N) is 4. The molecule has 1 aliphatic carbocycles. The highest BCUT2D eigenvalue weighted by Gasteiger charge is 2.46. The number of rotatable bonds is 2. The number of hydrogen-bond acceptors (Lipinski definition) is 4. The lowest BCUT2D eigenvalue weighted by molar-refractivity contribution is 0.0594. The molecule has 1 aromatic heterocycles. The molecule has 2 aliphatic rings. The fourth-order valence-corrected chi connectivity index (χ4v) is 3.68. The summed E-state index contributed by atoms with van der Waals surface area (Å²) in [5, 5.41) is 8.21. The zero-order chi connectivity index (χ0) is 12.8. The van der Waals surface area contributed by atoms with Crippen LogP contribution in [0.4, 0.5) is 0 Å². The van der Waals surface area contributed by atoms with Crippen molar-refractivity contribution in [2.75, 3.05) is 13.1 Å². The van der Waals surface area contributed by atoms with Crippen molar-refractivity contribution in [2.45, 2.75) is 51.7 Å². The van der Waals surface area contributed by atoms with E-state index < -0.39 is 0 Å². The molecule has 5 nitrogen and oxygen atoms in total. The highest BCUT2D eigenvalue weighted by atomic mass is 15.3. The predicted molar refractivity (Wildman–Crippen MR) is 69.8 cm³/mol. The Morgan fingerprint density at radius 2 is 2.17 bits per heavy atom. The fraction of sp³-hybridized carbons (Fsp3) is 0.846. The minimum atomic E-state index is 0.181. The third-order valence-electron chi connectivity index (χ3n) is 4.76. The maximum absolute atomic E-state index is 6.13. The van der Waals surface area contributed by atoms with Crippen LogP contribution in [0.25, 0.3) is 0 Å². The topological polar surface area (TPSA) is 60.0 Å². The normalized spacial score (nSPS) is 31.5. The van der Waals surface area contributed by atoms with Gasteiger partial charge in [-0.25, -0.2) is 0 Å². The van der Waals surface area contributed by atoms with Crippen molar-refractivity contribution in [2.24, 2.45) is 11.1 Å². The maximum Gasteiger partial charge on any atom is 0.147 e. The van der Waals surface area contributed by atoms with Crippen molar-refractivity contribution in [3.05, 3.63) is 12.2 Å². The first-order valence-corrected chi connectivity index (χ1v) is 6.87. The first kappa shape index (κ1) is 12.1. The fourth-order valence-electron chi connectivity index (χ4n) is 3.68. The highest BCUT2D eigenvalue weighted by molar-refractivity contribution is 5.05. The molecule has 0 saturated heterocycles. The third kappa shape index (κ3) is 1.86. The maximum atomic E-state index is 6.13. The molecule has 2 heterocycles. The Labute approximate surface area is 108 Å². The van der Waals surface area contributed by atoms with E-state index >= 15 is 0 Å². The van der Waals surface area contributed by atoms with Crippen LogP contribution in [0.15, 0.2) is 6.33 Å². The van der Waals surface area contributed by atoms with Gasteiger partial charge in [-0.1, -0.05) is 13.8 Å². The van der Waals surface area contributed by atoms with E-state index in [4.69, 9.17) is 5.73 Å². The smallest absolute Gasteiger partial charge is 0.147 e. The van der Waals surface area contributed by atoms with Gasteiger partial charge in [-0.3, -0.25) is 4.90 Å². The summed E-state index contributed by atoms with van der Waals surface area (Å²) in [5.74, 6) is 1.08. The van der Waals surface area contributed by atoms with Gasteiger partial charge >= 0.3 is 0 Å². The lowest BCUT2D eigenvalue weighted by atomic mass is 9.86. The van der Waals surface area contributed by atoms with E-state index in [9.17, 15) is 0 Å². The van der Waals surface area contributed by atoms with Gasteiger partial charge in [-0.2, -0.15) is 0 Å². The van der Waals surface area contributed by atoms with Crippen LogP contribution < -0.4 is 5.73 Å². The molecule has 0 spiro atoms. The van der Waals surface area contributed by atoms with Crippen molar-refractivity contribution in [1.82, 2.24) is 19.7 Å². The van der Waals surface area contributed by atoms with Crippen LogP contribution in [0.2, 0.25) is 0 Å². The SMILES string of the molecule is CC1(C)CCC(CN)(N2CCn3cnnc3C2)C1. The van der Waals surface area contributed by atoms with Gasteiger partial charge in [0.25, 0.3) is 0 Å². The Morgan fingerprint density at radius 3 is 2.83 bits per heavy atom. The van der Waals surface area contributed by atoms with Crippen LogP contribution in [0, 0.1) is 5.41 Å². The van der Waals surface area contributed by atoms with E-state index in [0.29, 0.717) is 5.41 Å². The van der Waals surface area contributed by atoms with E-state index in [0.717, 1.165) is 32.0 Å². The van der Waals surface area contributed by atoms with Crippen LogP contribution in [0.1, 0.15) is 38.9 Å². The first-order valence-electron chi connectivity index (χ1n) is 6.87. The summed E-state index contributed by atoms with van der Waals surface area (Å²) >= 11 is 0. The molecule has 1 atom stereocenters. The molecule has 3 rings (SSSR count). The summed E-state index contributed by atoms with van der Waals surface area (Å²) in [5.41, 5.74) is 6.73. The molecule has 0 bridgehead atoms. The van der Waals surface area contributed by atoms with Gasteiger partial charge < -0.3 is 10.3 Å². The largest absolute Gasteiger partial charge is 0.329 e. The molecule has 1 aromatic rings. The lowest BCUT2D eigenvalue weighted by Gasteiger charge is -2.43. The zero-order valence-corrected chi connectivity index (χ0v) is 11.4. The molecule has 0 aromatic carbocycles. The van der Waals surface area contributed by atoms with Crippen molar-refractivity contribution in [3.8, 4) is 0 Å². The van der Waals surface area contributed by atoms with E-state index in [1.165, 1.54) is 19.3 Å². The number of aromatic nitrogens is 3. The zero-order valence-electron chi connectivity index (χ0n) is 11.4. The number of fused-ring (bicyclic) bond motifs is 1. The monoisotopic (exact) mass is 249 g/mol. The average Bonchev–Trinajstić information content (AvgIpc) is 2.92. The molecule has 1 fully saturated rings. The minimum Gasteiger partial charge on any atom is -0.329 e. The minimum absolute atomic E-state index is 0.181.